The molecule has 3 rings (SSSR count). The second kappa shape index (κ2) is 10.2. The molecule has 2 saturated heterocycles. The third-order valence-electron chi connectivity index (χ3n) is 5.21. The van der Waals surface area contributed by atoms with E-state index in [-0.39, 0.29) is 23.7 Å². The zero-order valence-electron chi connectivity index (χ0n) is 18.2. The van der Waals surface area contributed by atoms with E-state index in [1.54, 1.807) is 4.90 Å². The number of rotatable bonds is 7. The van der Waals surface area contributed by atoms with Crippen molar-refractivity contribution in [2.24, 2.45) is 0 Å². The van der Waals surface area contributed by atoms with Crippen LogP contribution in [0.2, 0.25) is 0 Å². The van der Waals surface area contributed by atoms with Crippen molar-refractivity contribution in [1.82, 2.24) is 19.7 Å². The van der Waals surface area contributed by atoms with Gasteiger partial charge in [-0.1, -0.05) is 11.8 Å². The number of carbonyl (C=O) groups is 3. The molecule has 1 atom stereocenters. The largest absolute Gasteiger partial charge is 0.476 e. The maximum absolute atomic E-state index is 12.4. The number of carboxylic acids is 1. The van der Waals surface area contributed by atoms with Crippen LogP contribution in [0, 0.1) is 0 Å². The van der Waals surface area contributed by atoms with Gasteiger partial charge in [-0.3, -0.25) is 9.69 Å². The number of aromatic nitrogens is 1. The maximum Gasteiger partial charge on any atom is 0.410 e. The fraction of sp³-hybridized carbons (Fsp3) is 0.700. The average Bonchev–Trinajstić information content (AvgIpc) is 3.29. The maximum atomic E-state index is 12.4. The van der Waals surface area contributed by atoms with Gasteiger partial charge in [0.05, 0.1) is 0 Å². The Balaban J connectivity index is 1.44. The van der Waals surface area contributed by atoms with Gasteiger partial charge in [0.25, 0.3) is 0 Å². The van der Waals surface area contributed by atoms with Gasteiger partial charge in [0.2, 0.25) is 5.91 Å². The van der Waals surface area contributed by atoms with Crippen LogP contribution in [0.1, 0.15) is 44.1 Å². The molecule has 0 radical (unpaired) electrons. The minimum Gasteiger partial charge on any atom is -0.476 e. The van der Waals surface area contributed by atoms with Crippen molar-refractivity contribution in [3.05, 3.63) is 11.1 Å². The van der Waals surface area contributed by atoms with Crippen LogP contribution in [0.15, 0.2) is 9.72 Å². The smallest absolute Gasteiger partial charge is 0.410 e. The van der Waals surface area contributed by atoms with E-state index >= 15 is 0 Å². The van der Waals surface area contributed by atoms with Gasteiger partial charge in [-0.2, -0.15) is 0 Å². The number of carboxylic acid groups (broad SMARTS) is 1. The van der Waals surface area contributed by atoms with Gasteiger partial charge in [0.1, 0.15) is 5.60 Å². The van der Waals surface area contributed by atoms with Crippen LogP contribution in [0.3, 0.4) is 0 Å². The number of hydrogen-bond donors (Lipinski definition) is 1. The number of nitrogens with zero attached hydrogens (tertiary/aromatic N) is 4. The van der Waals surface area contributed by atoms with Gasteiger partial charge in [0.15, 0.2) is 10.0 Å². The first-order chi connectivity index (χ1) is 14.6. The molecule has 0 aromatic carbocycles. The molecule has 1 unspecified atom stereocenters. The molecular weight excluding hydrogens is 440 g/mol. The first-order valence-electron chi connectivity index (χ1n) is 10.4. The number of thiazole rings is 1. The minimum absolute atomic E-state index is 0.0631. The monoisotopic (exact) mass is 470 g/mol. The second-order valence-corrected chi connectivity index (χ2v) is 10.9. The Morgan fingerprint density at radius 2 is 2.00 bits per heavy atom. The van der Waals surface area contributed by atoms with Crippen LogP contribution < -0.4 is 0 Å². The summed E-state index contributed by atoms with van der Waals surface area (Å²) < 4.78 is 6.16. The molecule has 0 aliphatic carbocycles. The van der Waals surface area contributed by atoms with E-state index < -0.39 is 11.6 Å². The highest BCUT2D eigenvalue weighted by atomic mass is 32.2. The Hall–Kier alpha value is -1.85. The number of likely N-dealkylation sites (tertiary alicyclic amines) is 1. The summed E-state index contributed by atoms with van der Waals surface area (Å²) >= 11 is 2.80. The molecule has 1 aromatic rings. The molecule has 172 valence electrons. The topological polar surface area (TPSA) is 103 Å². The van der Waals surface area contributed by atoms with Gasteiger partial charge >= 0.3 is 12.1 Å². The van der Waals surface area contributed by atoms with Gasteiger partial charge in [-0.15, -0.1) is 11.3 Å². The molecule has 2 aliphatic heterocycles. The number of carbonyl (C=O) groups excluding carboxylic acids is 2. The van der Waals surface area contributed by atoms with Crippen molar-refractivity contribution < 1.29 is 24.2 Å². The van der Waals surface area contributed by atoms with Crippen molar-refractivity contribution >= 4 is 41.1 Å². The summed E-state index contributed by atoms with van der Waals surface area (Å²) in [5, 5.41) is 10.5. The highest BCUT2D eigenvalue weighted by molar-refractivity contribution is 8.01. The predicted molar refractivity (Wildman–Crippen MR) is 119 cm³/mol. The van der Waals surface area contributed by atoms with E-state index in [4.69, 9.17) is 9.84 Å². The van der Waals surface area contributed by atoms with Crippen molar-refractivity contribution in [2.75, 3.05) is 45.0 Å². The third kappa shape index (κ3) is 6.81. The van der Waals surface area contributed by atoms with E-state index in [9.17, 15) is 14.4 Å². The molecule has 0 saturated carbocycles. The summed E-state index contributed by atoms with van der Waals surface area (Å²) in [6.07, 6.45) is 1.14. The Morgan fingerprint density at radius 1 is 1.29 bits per heavy atom. The lowest BCUT2D eigenvalue weighted by Gasteiger charge is -2.37. The van der Waals surface area contributed by atoms with Crippen LogP contribution in [0.4, 0.5) is 4.79 Å². The summed E-state index contributed by atoms with van der Waals surface area (Å²) in [5.74, 6) is -0.172. The molecule has 0 spiro atoms. The fourth-order valence-electron chi connectivity index (χ4n) is 3.68. The average molecular weight is 471 g/mol. The summed E-state index contributed by atoms with van der Waals surface area (Å²) in [6.45, 7) is 9.81. The molecular formula is C20H30N4O5S2. The van der Waals surface area contributed by atoms with Crippen LogP contribution in [-0.4, -0.2) is 99.4 Å². The molecule has 1 N–H and O–H groups in total. The lowest BCUT2D eigenvalue weighted by molar-refractivity contribution is -0.128. The van der Waals surface area contributed by atoms with E-state index in [1.165, 1.54) is 28.5 Å². The molecule has 9 nitrogen and oxygen atoms in total. The first kappa shape index (κ1) is 23.8. The van der Waals surface area contributed by atoms with Crippen LogP contribution in [0.25, 0.3) is 0 Å². The number of amides is 2. The quantitative estimate of drug-likeness (QED) is 0.606. The summed E-state index contributed by atoms with van der Waals surface area (Å²) in [4.78, 5) is 45.6. The van der Waals surface area contributed by atoms with Gasteiger partial charge in [-0.05, 0) is 27.2 Å². The third-order valence-corrected chi connectivity index (χ3v) is 7.21. The Bertz CT molecular complexity index is 802. The fourth-order valence-corrected chi connectivity index (χ4v) is 5.49. The van der Waals surface area contributed by atoms with E-state index in [2.05, 4.69) is 9.88 Å². The number of ether oxygens (including phenoxy) is 1. The number of piperazine rings is 1. The Kier molecular flexibility index (Phi) is 7.82. The lowest BCUT2D eigenvalue weighted by atomic mass is 10.2. The molecule has 2 fully saturated rings. The molecule has 1 aromatic heterocycles. The SMILES string of the molecule is CC(C)(C)OC(=O)N1CCN(CC2CCC(=O)N2CCSc2nc(C(=O)O)cs2)CC1. The summed E-state index contributed by atoms with van der Waals surface area (Å²) in [7, 11) is 0. The van der Waals surface area contributed by atoms with Gasteiger partial charge in [0, 0.05) is 62.9 Å². The standard InChI is InChI=1S/C20H30N4O5S2/c1-20(2,3)29-19(28)23-8-6-22(7-9-23)12-14-4-5-16(25)24(14)10-11-30-18-21-15(13-31-18)17(26)27/h13-14H,4-12H2,1-3H3,(H,26,27). The molecule has 2 aliphatic rings. The van der Waals surface area contributed by atoms with Crippen LogP contribution >= 0.6 is 23.1 Å². The predicted octanol–water partition coefficient (Wildman–Crippen LogP) is 2.48. The number of hydrogen-bond acceptors (Lipinski definition) is 8. The Morgan fingerprint density at radius 3 is 2.61 bits per heavy atom. The zero-order chi connectivity index (χ0) is 22.6. The Labute approximate surface area is 190 Å². The van der Waals surface area contributed by atoms with Crippen molar-refractivity contribution in [3.63, 3.8) is 0 Å². The molecule has 3 heterocycles. The van der Waals surface area contributed by atoms with E-state index in [1.807, 2.05) is 25.7 Å². The summed E-state index contributed by atoms with van der Waals surface area (Å²) in [5.41, 5.74) is -0.432. The van der Waals surface area contributed by atoms with Crippen LogP contribution in [0.5, 0.6) is 0 Å². The zero-order valence-corrected chi connectivity index (χ0v) is 19.8. The molecule has 0 bridgehead atoms. The lowest BCUT2D eigenvalue weighted by Crippen LogP contribution is -2.53. The number of thioether (sulfide) groups is 1. The first-order valence-corrected chi connectivity index (χ1v) is 12.3. The van der Waals surface area contributed by atoms with E-state index in [0.29, 0.717) is 36.1 Å². The van der Waals surface area contributed by atoms with Crippen LogP contribution in [-0.2, 0) is 9.53 Å². The number of aromatic carboxylic acids is 1. The van der Waals surface area contributed by atoms with Gasteiger partial charge in [-0.25, -0.2) is 14.6 Å². The van der Waals surface area contributed by atoms with Crippen molar-refractivity contribution in [1.29, 1.82) is 0 Å². The highest BCUT2D eigenvalue weighted by Gasteiger charge is 2.33. The minimum atomic E-state index is -1.02. The molecule has 11 heteroatoms. The highest BCUT2D eigenvalue weighted by Crippen LogP contribution is 2.25. The van der Waals surface area contributed by atoms with Crippen molar-refractivity contribution in [2.45, 2.75) is 49.6 Å². The molecule has 31 heavy (non-hydrogen) atoms. The second-order valence-electron chi connectivity index (χ2n) is 8.70. The summed E-state index contributed by atoms with van der Waals surface area (Å²) in [6, 6.07) is 0.173. The van der Waals surface area contributed by atoms with E-state index in [0.717, 1.165) is 26.1 Å². The van der Waals surface area contributed by atoms with Crippen molar-refractivity contribution in [3.8, 4) is 0 Å². The molecule has 2 amide bonds. The normalized spacial score (nSPS) is 20.4. The van der Waals surface area contributed by atoms with Gasteiger partial charge < -0.3 is 19.6 Å².